The highest BCUT2D eigenvalue weighted by Crippen LogP contribution is 2.49. The number of aromatic amines is 1. The molecule has 1 aliphatic heterocycles. The van der Waals surface area contributed by atoms with E-state index in [1.165, 1.54) is 5.56 Å². The molecule has 4 rings (SSSR count). The predicted octanol–water partition coefficient (Wildman–Crippen LogP) is 4.78. The Morgan fingerprint density at radius 2 is 1.93 bits per heavy atom. The third-order valence-electron chi connectivity index (χ3n) is 5.35. The number of amides is 1. The Bertz CT molecular complexity index is 1080. The number of fused-ring (bicyclic) bond motifs is 1. The predicted molar refractivity (Wildman–Crippen MR) is 119 cm³/mol. The molecule has 0 bridgehead atoms. The lowest BCUT2D eigenvalue weighted by Crippen LogP contribution is -2.21. The molecule has 0 aliphatic carbocycles. The summed E-state index contributed by atoms with van der Waals surface area (Å²) in [4.78, 5) is 12.5. The largest absolute Gasteiger partial charge is 0.493 e. The number of para-hydroxylation sites is 1. The number of nitrogens with one attached hydrogen (secondary N) is 2. The van der Waals surface area contributed by atoms with Crippen molar-refractivity contribution in [3.8, 4) is 11.5 Å². The molecule has 0 spiro atoms. The van der Waals surface area contributed by atoms with Gasteiger partial charge >= 0.3 is 0 Å². The summed E-state index contributed by atoms with van der Waals surface area (Å²) >= 11 is 1.58. The first-order valence-electron chi connectivity index (χ1n) is 9.85. The van der Waals surface area contributed by atoms with Crippen molar-refractivity contribution in [2.75, 3.05) is 12.4 Å². The van der Waals surface area contributed by atoms with Crippen LogP contribution in [0.4, 0.5) is 5.82 Å². The molecule has 6 nitrogen and oxygen atoms in total. The fourth-order valence-electron chi connectivity index (χ4n) is 3.61. The van der Waals surface area contributed by atoms with E-state index in [-0.39, 0.29) is 16.4 Å². The number of aromatic nitrogens is 2. The van der Waals surface area contributed by atoms with Crippen LogP contribution in [-0.4, -0.2) is 28.5 Å². The normalized spacial score (nSPS) is 18.3. The number of methoxy groups -OCH3 is 1. The first-order chi connectivity index (χ1) is 14.5. The number of rotatable bonds is 5. The summed E-state index contributed by atoms with van der Waals surface area (Å²) in [7, 11) is 1.64. The van der Waals surface area contributed by atoms with Crippen molar-refractivity contribution in [1.29, 1.82) is 0 Å². The second-order valence-corrected chi connectivity index (χ2v) is 8.80. The van der Waals surface area contributed by atoms with Crippen LogP contribution in [-0.2, 0) is 11.4 Å². The van der Waals surface area contributed by atoms with Crippen molar-refractivity contribution < 1.29 is 14.3 Å². The Hall–Kier alpha value is -2.93. The summed E-state index contributed by atoms with van der Waals surface area (Å²) in [6.07, 6.45) is 0. The molecule has 0 saturated heterocycles. The number of thioether (sulfide) groups is 1. The molecule has 156 valence electrons. The fourth-order valence-corrected chi connectivity index (χ4v) is 4.96. The van der Waals surface area contributed by atoms with E-state index >= 15 is 0 Å². The van der Waals surface area contributed by atoms with Crippen LogP contribution in [0.15, 0.2) is 42.5 Å². The average Bonchev–Trinajstić information content (AvgIpc) is 3.04. The van der Waals surface area contributed by atoms with E-state index in [2.05, 4.69) is 34.6 Å². The topological polar surface area (TPSA) is 76.2 Å². The molecule has 2 heterocycles. The summed E-state index contributed by atoms with van der Waals surface area (Å²) in [6, 6.07) is 14.0. The molecule has 30 heavy (non-hydrogen) atoms. The molecular weight excluding hydrogens is 398 g/mol. The van der Waals surface area contributed by atoms with Gasteiger partial charge in [-0.1, -0.05) is 36.4 Å². The van der Waals surface area contributed by atoms with E-state index in [1.807, 2.05) is 44.2 Å². The molecule has 7 heteroatoms. The highest BCUT2D eigenvalue weighted by molar-refractivity contribution is 8.01. The van der Waals surface area contributed by atoms with Gasteiger partial charge in [0.15, 0.2) is 17.3 Å². The highest BCUT2D eigenvalue weighted by atomic mass is 32.2. The third kappa shape index (κ3) is 3.77. The Morgan fingerprint density at radius 1 is 1.13 bits per heavy atom. The first kappa shape index (κ1) is 20.3. The summed E-state index contributed by atoms with van der Waals surface area (Å²) in [6.45, 7) is 6.38. The van der Waals surface area contributed by atoms with Crippen LogP contribution in [0.5, 0.6) is 11.5 Å². The summed E-state index contributed by atoms with van der Waals surface area (Å²) in [5, 5.41) is 9.88. The van der Waals surface area contributed by atoms with Crippen LogP contribution < -0.4 is 14.8 Å². The Labute approximate surface area is 180 Å². The molecule has 1 aliphatic rings. The summed E-state index contributed by atoms with van der Waals surface area (Å²) in [5.74, 6) is 1.88. The molecule has 0 radical (unpaired) electrons. The Morgan fingerprint density at radius 3 is 2.70 bits per heavy atom. The van der Waals surface area contributed by atoms with E-state index in [1.54, 1.807) is 18.9 Å². The second kappa shape index (κ2) is 8.44. The van der Waals surface area contributed by atoms with Crippen molar-refractivity contribution in [3.05, 3.63) is 70.4 Å². The van der Waals surface area contributed by atoms with Crippen LogP contribution in [0.25, 0.3) is 0 Å². The van der Waals surface area contributed by atoms with Gasteiger partial charge in [-0.05, 0) is 38.0 Å². The van der Waals surface area contributed by atoms with Gasteiger partial charge in [-0.3, -0.25) is 9.89 Å². The first-order valence-corrected chi connectivity index (χ1v) is 10.8. The van der Waals surface area contributed by atoms with Gasteiger partial charge in [0.2, 0.25) is 5.91 Å². The SMILES string of the molecule is COc1cccc(C2SC(C)C(=O)Nc3n[nH]c(C)c32)c1OCc1ccccc1C. The molecule has 0 fully saturated rings. The number of H-pyrrole nitrogens is 1. The molecule has 2 unspecified atom stereocenters. The van der Waals surface area contributed by atoms with E-state index in [0.717, 1.165) is 22.4 Å². The Kier molecular flexibility index (Phi) is 5.72. The van der Waals surface area contributed by atoms with Gasteiger partial charge in [0, 0.05) is 16.8 Å². The summed E-state index contributed by atoms with van der Waals surface area (Å²) < 4.78 is 12.0. The fraction of sp³-hybridized carbons (Fsp3) is 0.304. The van der Waals surface area contributed by atoms with Crippen LogP contribution in [0, 0.1) is 13.8 Å². The number of hydrogen-bond donors (Lipinski definition) is 2. The number of anilines is 1. The lowest BCUT2D eigenvalue weighted by atomic mass is 10.0. The maximum absolute atomic E-state index is 12.5. The smallest absolute Gasteiger partial charge is 0.238 e. The van der Waals surface area contributed by atoms with Gasteiger partial charge in [-0.25, -0.2) is 0 Å². The third-order valence-corrected chi connectivity index (χ3v) is 6.74. The van der Waals surface area contributed by atoms with Crippen LogP contribution in [0.3, 0.4) is 0 Å². The van der Waals surface area contributed by atoms with Crippen molar-refractivity contribution in [2.45, 2.75) is 37.9 Å². The standard InChI is InChI=1S/C23H25N3O3S/c1-13-8-5-6-9-16(13)12-29-20-17(10-7-11-18(20)28-4)21-19-14(2)25-26-22(19)24-23(27)15(3)30-21/h5-11,15,21H,12H2,1-4H3,(H2,24,25,26,27). The number of nitrogens with zero attached hydrogens (tertiary/aromatic N) is 1. The van der Waals surface area contributed by atoms with Crippen molar-refractivity contribution in [3.63, 3.8) is 0 Å². The molecule has 0 saturated carbocycles. The maximum atomic E-state index is 12.5. The van der Waals surface area contributed by atoms with E-state index in [4.69, 9.17) is 9.47 Å². The number of hydrogen-bond acceptors (Lipinski definition) is 5. The lowest BCUT2D eigenvalue weighted by molar-refractivity contribution is -0.115. The van der Waals surface area contributed by atoms with Gasteiger partial charge in [0.05, 0.1) is 17.6 Å². The molecule has 1 amide bonds. The summed E-state index contributed by atoms with van der Waals surface area (Å²) in [5.41, 5.74) is 5.14. The van der Waals surface area contributed by atoms with Gasteiger partial charge in [-0.2, -0.15) is 5.10 Å². The van der Waals surface area contributed by atoms with Crippen LogP contribution in [0.1, 0.15) is 40.1 Å². The minimum atomic E-state index is -0.237. The van der Waals surface area contributed by atoms with Gasteiger partial charge in [0.25, 0.3) is 0 Å². The molecule has 2 aromatic carbocycles. The van der Waals surface area contributed by atoms with Crippen molar-refractivity contribution >= 4 is 23.5 Å². The quantitative estimate of drug-likeness (QED) is 0.618. The van der Waals surface area contributed by atoms with E-state index < -0.39 is 0 Å². The minimum absolute atomic E-state index is 0.0551. The zero-order chi connectivity index (χ0) is 21.3. The number of aryl methyl sites for hydroxylation is 2. The Balaban J connectivity index is 1.78. The number of benzene rings is 2. The highest BCUT2D eigenvalue weighted by Gasteiger charge is 2.34. The van der Waals surface area contributed by atoms with Crippen molar-refractivity contribution in [2.24, 2.45) is 0 Å². The van der Waals surface area contributed by atoms with Gasteiger partial charge in [0.1, 0.15) is 6.61 Å². The molecule has 1 aromatic heterocycles. The minimum Gasteiger partial charge on any atom is -0.493 e. The maximum Gasteiger partial charge on any atom is 0.238 e. The van der Waals surface area contributed by atoms with E-state index in [9.17, 15) is 4.79 Å². The van der Waals surface area contributed by atoms with Crippen LogP contribution in [0.2, 0.25) is 0 Å². The number of carbonyl (C=O) groups is 1. The molecule has 2 N–H and O–H groups in total. The zero-order valence-electron chi connectivity index (χ0n) is 17.5. The monoisotopic (exact) mass is 423 g/mol. The number of carbonyl (C=O) groups excluding carboxylic acids is 1. The molecule has 2 atom stereocenters. The second-order valence-electron chi connectivity index (χ2n) is 7.35. The molecule has 3 aromatic rings. The lowest BCUT2D eigenvalue weighted by Gasteiger charge is -2.22. The average molecular weight is 424 g/mol. The number of ether oxygens (including phenoxy) is 2. The van der Waals surface area contributed by atoms with Gasteiger partial charge < -0.3 is 14.8 Å². The zero-order valence-corrected chi connectivity index (χ0v) is 18.3. The van der Waals surface area contributed by atoms with Crippen LogP contribution >= 0.6 is 11.8 Å². The van der Waals surface area contributed by atoms with Crippen molar-refractivity contribution in [1.82, 2.24) is 10.2 Å². The van der Waals surface area contributed by atoms with Gasteiger partial charge in [-0.15, -0.1) is 11.8 Å². The molecular formula is C23H25N3O3S. The van der Waals surface area contributed by atoms with E-state index in [0.29, 0.717) is 23.9 Å².